The molecular weight excluding hydrogens is 428 g/mol. The zero-order chi connectivity index (χ0) is 24.2. The van der Waals surface area contributed by atoms with Crippen LogP contribution in [-0.4, -0.2) is 25.5 Å². The van der Waals surface area contributed by atoms with Gasteiger partial charge in [-0.05, 0) is 60.4 Å². The maximum atomic E-state index is 13.6. The first kappa shape index (κ1) is 23.1. The molecular formula is C28H28N2O4. The van der Waals surface area contributed by atoms with Crippen LogP contribution in [0.1, 0.15) is 25.0 Å². The fraction of sp³-hybridized carbons (Fsp3) is 0.214. The van der Waals surface area contributed by atoms with Gasteiger partial charge in [0, 0.05) is 0 Å². The molecule has 6 heteroatoms. The van der Waals surface area contributed by atoms with Gasteiger partial charge in [0.25, 0.3) is 11.8 Å². The highest BCUT2D eigenvalue weighted by Gasteiger charge is 2.40. The molecule has 1 aliphatic heterocycles. The third-order valence-corrected chi connectivity index (χ3v) is 5.44. The van der Waals surface area contributed by atoms with Gasteiger partial charge in [-0.25, -0.2) is 4.90 Å². The molecule has 6 nitrogen and oxygen atoms in total. The smallest absolute Gasteiger partial charge is 0.282 e. The van der Waals surface area contributed by atoms with Gasteiger partial charge in [-0.15, -0.1) is 0 Å². The number of nitrogens with one attached hydrogen (secondary N) is 1. The van der Waals surface area contributed by atoms with Crippen molar-refractivity contribution in [2.24, 2.45) is 5.92 Å². The average Bonchev–Trinajstić information content (AvgIpc) is 3.08. The van der Waals surface area contributed by atoms with E-state index in [9.17, 15) is 9.59 Å². The van der Waals surface area contributed by atoms with Crippen LogP contribution in [0.3, 0.4) is 0 Å². The van der Waals surface area contributed by atoms with Crippen molar-refractivity contribution >= 4 is 28.8 Å². The number of methoxy groups -OCH3 is 1. The van der Waals surface area contributed by atoms with E-state index in [0.717, 1.165) is 5.56 Å². The highest BCUT2D eigenvalue weighted by Crippen LogP contribution is 2.36. The van der Waals surface area contributed by atoms with Crippen molar-refractivity contribution in [3.05, 3.63) is 89.6 Å². The summed E-state index contributed by atoms with van der Waals surface area (Å²) in [7, 11) is 1.57. The molecule has 0 fully saturated rings. The lowest BCUT2D eigenvalue weighted by Crippen LogP contribution is -2.32. The molecule has 0 saturated carbocycles. The van der Waals surface area contributed by atoms with Gasteiger partial charge in [-0.3, -0.25) is 9.59 Å². The number of carbonyl (C=O) groups is 2. The maximum Gasteiger partial charge on any atom is 0.282 e. The molecule has 0 unspecified atom stereocenters. The van der Waals surface area contributed by atoms with Gasteiger partial charge in [0.2, 0.25) is 0 Å². The second-order valence-electron chi connectivity index (χ2n) is 8.59. The van der Waals surface area contributed by atoms with E-state index in [1.54, 1.807) is 31.4 Å². The zero-order valence-corrected chi connectivity index (χ0v) is 19.8. The van der Waals surface area contributed by atoms with Crippen LogP contribution < -0.4 is 19.7 Å². The quantitative estimate of drug-likeness (QED) is 0.458. The monoisotopic (exact) mass is 456 g/mol. The van der Waals surface area contributed by atoms with E-state index >= 15 is 0 Å². The summed E-state index contributed by atoms with van der Waals surface area (Å²) in [5, 5.41) is 3.19. The summed E-state index contributed by atoms with van der Waals surface area (Å²) < 4.78 is 11.2. The Hall–Kier alpha value is -4.06. The summed E-state index contributed by atoms with van der Waals surface area (Å²) in [6.45, 7) is 6.69. The highest BCUT2D eigenvalue weighted by atomic mass is 16.5. The summed E-state index contributed by atoms with van der Waals surface area (Å²) >= 11 is 0. The number of nitrogens with zero attached hydrogens (tertiary/aromatic N) is 1. The lowest BCUT2D eigenvalue weighted by molar-refractivity contribution is -0.120. The van der Waals surface area contributed by atoms with Gasteiger partial charge in [-0.1, -0.05) is 50.2 Å². The van der Waals surface area contributed by atoms with E-state index in [1.807, 2.05) is 55.5 Å². The van der Waals surface area contributed by atoms with E-state index in [1.165, 1.54) is 4.90 Å². The van der Waals surface area contributed by atoms with Gasteiger partial charge in [-0.2, -0.15) is 0 Å². The average molecular weight is 457 g/mol. The molecule has 0 aromatic heterocycles. The summed E-state index contributed by atoms with van der Waals surface area (Å²) in [6.07, 6.45) is 0. The Kier molecular flexibility index (Phi) is 6.68. The van der Waals surface area contributed by atoms with Crippen molar-refractivity contribution in [1.82, 2.24) is 0 Å². The molecule has 1 heterocycles. The maximum absolute atomic E-state index is 13.6. The Balaban J connectivity index is 1.72. The SMILES string of the molecule is COc1ccc(C)cc1NC1=C(c2ccccc2)C(=O)N(c2ccc(OCC(C)C)cc2)C1=O. The summed E-state index contributed by atoms with van der Waals surface area (Å²) in [6, 6.07) is 21.8. The molecule has 1 N–H and O–H groups in total. The first-order valence-corrected chi connectivity index (χ1v) is 11.2. The van der Waals surface area contributed by atoms with E-state index in [2.05, 4.69) is 19.2 Å². The minimum absolute atomic E-state index is 0.209. The van der Waals surface area contributed by atoms with Gasteiger partial charge in [0.1, 0.15) is 17.2 Å². The lowest BCUT2D eigenvalue weighted by Gasteiger charge is -2.17. The predicted octanol–water partition coefficient (Wildman–Crippen LogP) is 5.44. The lowest BCUT2D eigenvalue weighted by atomic mass is 10.0. The third kappa shape index (κ3) is 4.66. The van der Waals surface area contributed by atoms with E-state index < -0.39 is 5.91 Å². The number of anilines is 2. The van der Waals surface area contributed by atoms with Crippen molar-refractivity contribution in [3.8, 4) is 11.5 Å². The van der Waals surface area contributed by atoms with Gasteiger partial charge < -0.3 is 14.8 Å². The second kappa shape index (κ2) is 9.83. The first-order valence-electron chi connectivity index (χ1n) is 11.2. The van der Waals surface area contributed by atoms with E-state index in [4.69, 9.17) is 9.47 Å². The predicted molar refractivity (Wildman–Crippen MR) is 134 cm³/mol. The van der Waals surface area contributed by atoms with Crippen molar-refractivity contribution in [2.45, 2.75) is 20.8 Å². The second-order valence-corrected chi connectivity index (χ2v) is 8.59. The minimum atomic E-state index is -0.428. The van der Waals surface area contributed by atoms with Crippen molar-refractivity contribution in [2.75, 3.05) is 23.9 Å². The Morgan fingerprint density at radius 2 is 1.62 bits per heavy atom. The molecule has 4 rings (SSSR count). The largest absolute Gasteiger partial charge is 0.495 e. The summed E-state index contributed by atoms with van der Waals surface area (Å²) in [4.78, 5) is 28.4. The molecule has 0 atom stereocenters. The van der Waals surface area contributed by atoms with Crippen LogP contribution in [0.25, 0.3) is 5.57 Å². The van der Waals surface area contributed by atoms with E-state index in [0.29, 0.717) is 46.5 Å². The number of hydrogen-bond acceptors (Lipinski definition) is 5. The van der Waals surface area contributed by atoms with Gasteiger partial charge in [0.15, 0.2) is 0 Å². The molecule has 3 aromatic rings. The van der Waals surface area contributed by atoms with Crippen LogP contribution >= 0.6 is 0 Å². The highest BCUT2D eigenvalue weighted by molar-refractivity contribution is 6.46. The number of hydrogen-bond donors (Lipinski definition) is 1. The van der Waals surface area contributed by atoms with E-state index in [-0.39, 0.29) is 11.6 Å². The number of imide groups is 1. The van der Waals surface area contributed by atoms with Crippen LogP contribution in [-0.2, 0) is 9.59 Å². The number of rotatable bonds is 8. The Labute approximate surface area is 199 Å². The Morgan fingerprint density at radius 1 is 0.912 bits per heavy atom. The molecule has 34 heavy (non-hydrogen) atoms. The standard InChI is InChI=1S/C28H28N2O4/c1-18(2)17-34-22-13-11-21(12-14-22)30-27(31)25(20-8-6-5-7-9-20)26(28(30)32)29-23-16-19(3)10-15-24(23)33-4/h5-16,18,29H,17H2,1-4H3. The molecule has 174 valence electrons. The molecule has 2 amide bonds. The zero-order valence-electron chi connectivity index (χ0n) is 19.8. The topological polar surface area (TPSA) is 67.9 Å². The number of aryl methyl sites for hydroxylation is 1. The molecule has 0 aliphatic carbocycles. The minimum Gasteiger partial charge on any atom is -0.495 e. The van der Waals surface area contributed by atoms with Crippen LogP contribution in [0.5, 0.6) is 11.5 Å². The normalized spacial score (nSPS) is 13.6. The molecule has 0 radical (unpaired) electrons. The van der Waals surface area contributed by atoms with Crippen molar-refractivity contribution in [3.63, 3.8) is 0 Å². The molecule has 0 bridgehead atoms. The summed E-state index contributed by atoms with van der Waals surface area (Å²) in [5.74, 6) is 0.849. The van der Waals surface area contributed by atoms with Gasteiger partial charge in [0.05, 0.1) is 30.7 Å². The molecule has 0 spiro atoms. The molecule has 3 aromatic carbocycles. The third-order valence-electron chi connectivity index (χ3n) is 5.44. The molecule has 1 aliphatic rings. The number of ether oxygens (including phenoxy) is 2. The van der Waals surface area contributed by atoms with Crippen LogP contribution in [0.4, 0.5) is 11.4 Å². The fourth-order valence-electron chi connectivity index (χ4n) is 3.76. The van der Waals surface area contributed by atoms with Crippen LogP contribution in [0, 0.1) is 12.8 Å². The number of amides is 2. The van der Waals surface area contributed by atoms with Crippen LogP contribution in [0.2, 0.25) is 0 Å². The Morgan fingerprint density at radius 3 is 2.26 bits per heavy atom. The summed E-state index contributed by atoms with van der Waals surface area (Å²) in [5.41, 5.74) is 3.28. The first-order chi connectivity index (χ1) is 16.4. The van der Waals surface area contributed by atoms with Crippen molar-refractivity contribution < 1.29 is 19.1 Å². The van der Waals surface area contributed by atoms with Crippen molar-refractivity contribution in [1.29, 1.82) is 0 Å². The number of carbonyl (C=O) groups excluding carboxylic acids is 2. The Bertz CT molecular complexity index is 1230. The van der Waals surface area contributed by atoms with Crippen LogP contribution in [0.15, 0.2) is 78.5 Å². The number of benzene rings is 3. The molecule has 0 saturated heterocycles. The fourth-order valence-corrected chi connectivity index (χ4v) is 3.76. The van der Waals surface area contributed by atoms with Gasteiger partial charge >= 0.3 is 0 Å².